The van der Waals surface area contributed by atoms with Crippen molar-refractivity contribution in [2.24, 2.45) is 5.41 Å². The van der Waals surface area contributed by atoms with E-state index in [1.54, 1.807) is 6.20 Å². The van der Waals surface area contributed by atoms with Gasteiger partial charge in [-0.25, -0.2) is 0 Å². The molecule has 0 bridgehead atoms. The van der Waals surface area contributed by atoms with Gasteiger partial charge in [0.15, 0.2) is 0 Å². The fourth-order valence-electron chi connectivity index (χ4n) is 3.12. The highest BCUT2D eigenvalue weighted by atomic mass is 16.3. The molecule has 2 N–H and O–H groups in total. The Bertz CT molecular complexity index is 573. The highest BCUT2D eigenvalue weighted by molar-refractivity contribution is 5.90. The molecule has 1 aromatic heterocycles. The molecule has 20 heavy (non-hydrogen) atoms. The Morgan fingerprint density at radius 3 is 2.75 bits per heavy atom. The Morgan fingerprint density at radius 1 is 1.15 bits per heavy atom. The van der Waals surface area contributed by atoms with Gasteiger partial charge in [-0.1, -0.05) is 37.5 Å². The predicted octanol–water partition coefficient (Wildman–Crippen LogP) is 2.98. The number of nitrogens with one attached hydrogen (secondary N) is 1. The summed E-state index contributed by atoms with van der Waals surface area (Å²) < 4.78 is 0. The van der Waals surface area contributed by atoms with Crippen molar-refractivity contribution < 1.29 is 5.11 Å². The number of hydrogen-bond donors (Lipinski definition) is 2. The lowest BCUT2D eigenvalue weighted by atomic mass is 9.74. The summed E-state index contributed by atoms with van der Waals surface area (Å²) in [6.07, 6.45) is 7.72. The van der Waals surface area contributed by atoms with Crippen LogP contribution in [0, 0.1) is 5.41 Å². The fraction of sp³-hybridized carbons (Fsp3) is 0.500. The first-order chi connectivity index (χ1) is 9.83. The summed E-state index contributed by atoms with van der Waals surface area (Å²) >= 11 is 0. The van der Waals surface area contributed by atoms with Crippen LogP contribution in [0.5, 0.6) is 0 Å². The van der Waals surface area contributed by atoms with Crippen LogP contribution in [-0.2, 0) is 0 Å². The van der Waals surface area contributed by atoms with Crippen molar-refractivity contribution in [1.82, 2.24) is 10.2 Å². The molecule has 4 heteroatoms. The number of aliphatic hydroxyl groups is 1. The van der Waals surface area contributed by atoms with Gasteiger partial charge in [0.05, 0.1) is 24.0 Å². The SMILES string of the molecule is OCC1(CNc2cnnc3ccccc23)CCCCC1. The van der Waals surface area contributed by atoms with Crippen molar-refractivity contribution in [2.75, 3.05) is 18.5 Å². The Morgan fingerprint density at radius 2 is 1.95 bits per heavy atom. The highest BCUT2D eigenvalue weighted by Crippen LogP contribution is 2.36. The van der Waals surface area contributed by atoms with Crippen molar-refractivity contribution in [3.8, 4) is 0 Å². The molecular formula is C16H21N3O. The molecule has 0 atom stereocenters. The summed E-state index contributed by atoms with van der Waals surface area (Å²) in [4.78, 5) is 0. The highest BCUT2D eigenvalue weighted by Gasteiger charge is 2.31. The Labute approximate surface area is 119 Å². The number of anilines is 1. The van der Waals surface area contributed by atoms with Gasteiger partial charge in [0.2, 0.25) is 0 Å². The zero-order chi connectivity index (χ0) is 13.8. The van der Waals surface area contributed by atoms with Gasteiger partial charge in [0.25, 0.3) is 0 Å². The third-order valence-electron chi connectivity index (χ3n) is 4.45. The molecule has 0 saturated heterocycles. The van der Waals surface area contributed by atoms with E-state index in [4.69, 9.17) is 0 Å². The van der Waals surface area contributed by atoms with Crippen LogP contribution >= 0.6 is 0 Å². The maximum Gasteiger partial charge on any atom is 0.0950 e. The first kappa shape index (κ1) is 13.3. The largest absolute Gasteiger partial charge is 0.396 e. The quantitative estimate of drug-likeness (QED) is 0.897. The summed E-state index contributed by atoms with van der Waals surface area (Å²) in [6, 6.07) is 8.00. The van der Waals surface area contributed by atoms with Gasteiger partial charge >= 0.3 is 0 Å². The lowest BCUT2D eigenvalue weighted by Crippen LogP contribution is -2.35. The second-order valence-corrected chi connectivity index (χ2v) is 5.85. The molecule has 0 aliphatic heterocycles. The summed E-state index contributed by atoms with van der Waals surface area (Å²) in [5.74, 6) is 0. The van der Waals surface area contributed by atoms with Crippen molar-refractivity contribution >= 4 is 16.6 Å². The van der Waals surface area contributed by atoms with Crippen LogP contribution in [0.4, 0.5) is 5.69 Å². The first-order valence-corrected chi connectivity index (χ1v) is 7.38. The predicted molar refractivity (Wildman–Crippen MR) is 80.6 cm³/mol. The number of hydrogen-bond acceptors (Lipinski definition) is 4. The van der Waals surface area contributed by atoms with Gasteiger partial charge in [-0.15, -0.1) is 0 Å². The second kappa shape index (κ2) is 5.75. The van der Waals surface area contributed by atoms with Crippen LogP contribution < -0.4 is 5.32 Å². The van der Waals surface area contributed by atoms with E-state index < -0.39 is 0 Å². The van der Waals surface area contributed by atoms with Gasteiger partial charge in [0.1, 0.15) is 0 Å². The molecule has 0 spiro atoms. The van der Waals surface area contributed by atoms with Gasteiger partial charge in [-0.2, -0.15) is 10.2 Å². The Balaban J connectivity index is 1.79. The average molecular weight is 271 g/mol. The second-order valence-electron chi connectivity index (χ2n) is 5.85. The van der Waals surface area contributed by atoms with Crippen LogP contribution in [0.15, 0.2) is 30.5 Å². The van der Waals surface area contributed by atoms with E-state index in [2.05, 4.69) is 21.6 Å². The maximum atomic E-state index is 9.76. The molecule has 1 aliphatic carbocycles. The lowest BCUT2D eigenvalue weighted by Gasteiger charge is -2.36. The van der Waals surface area contributed by atoms with Gasteiger partial charge in [-0.05, 0) is 18.9 Å². The number of fused-ring (bicyclic) bond motifs is 1. The molecule has 0 unspecified atom stereocenters. The Kier molecular flexibility index (Phi) is 3.83. The van der Waals surface area contributed by atoms with Crippen molar-refractivity contribution in [2.45, 2.75) is 32.1 Å². The minimum Gasteiger partial charge on any atom is -0.396 e. The third-order valence-corrected chi connectivity index (χ3v) is 4.45. The molecule has 1 fully saturated rings. The molecule has 1 aromatic carbocycles. The summed E-state index contributed by atoms with van der Waals surface area (Å²) in [5, 5.41) is 22.5. The van der Waals surface area contributed by atoms with Crippen molar-refractivity contribution in [3.05, 3.63) is 30.5 Å². The number of aliphatic hydroxyl groups excluding tert-OH is 1. The normalized spacial score (nSPS) is 18.1. The standard InChI is InChI=1S/C16H21N3O/c20-12-16(8-4-1-5-9-16)11-17-15-10-18-19-14-7-3-2-6-13(14)15/h2-3,6-7,10,20H,1,4-5,8-9,11-12H2,(H,17,19). The number of benzene rings is 1. The molecule has 4 nitrogen and oxygen atoms in total. The van der Waals surface area contributed by atoms with E-state index in [0.717, 1.165) is 36.0 Å². The lowest BCUT2D eigenvalue weighted by molar-refractivity contribution is 0.0944. The van der Waals surface area contributed by atoms with Gasteiger partial charge in [-0.3, -0.25) is 0 Å². The van der Waals surface area contributed by atoms with E-state index in [0.29, 0.717) is 0 Å². The van der Waals surface area contributed by atoms with Crippen molar-refractivity contribution in [3.63, 3.8) is 0 Å². The smallest absolute Gasteiger partial charge is 0.0950 e. The van der Waals surface area contributed by atoms with Crippen LogP contribution in [0.2, 0.25) is 0 Å². The molecule has 1 aliphatic rings. The van der Waals surface area contributed by atoms with Gasteiger partial charge < -0.3 is 10.4 Å². The average Bonchev–Trinajstić information content (AvgIpc) is 2.54. The number of nitrogens with zero attached hydrogens (tertiary/aromatic N) is 2. The van der Waals surface area contributed by atoms with Crippen LogP contribution in [0.1, 0.15) is 32.1 Å². The summed E-state index contributed by atoms with van der Waals surface area (Å²) in [7, 11) is 0. The minimum atomic E-state index is 0.0304. The number of aromatic nitrogens is 2. The monoisotopic (exact) mass is 271 g/mol. The van der Waals surface area contributed by atoms with E-state index in [1.807, 2.05) is 18.2 Å². The zero-order valence-corrected chi connectivity index (χ0v) is 11.7. The van der Waals surface area contributed by atoms with Crippen LogP contribution in [-0.4, -0.2) is 28.5 Å². The summed E-state index contributed by atoms with van der Waals surface area (Å²) in [6.45, 7) is 1.07. The molecule has 0 amide bonds. The van der Waals surface area contributed by atoms with E-state index in [-0.39, 0.29) is 12.0 Å². The molecule has 1 saturated carbocycles. The fourth-order valence-corrected chi connectivity index (χ4v) is 3.12. The third kappa shape index (κ3) is 2.61. The number of rotatable bonds is 4. The van der Waals surface area contributed by atoms with E-state index in [1.165, 1.54) is 19.3 Å². The maximum absolute atomic E-state index is 9.76. The molecule has 2 aromatic rings. The molecular weight excluding hydrogens is 250 g/mol. The molecule has 0 radical (unpaired) electrons. The Hall–Kier alpha value is -1.68. The van der Waals surface area contributed by atoms with Gasteiger partial charge in [0, 0.05) is 17.3 Å². The van der Waals surface area contributed by atoms with Crippen LogP contribution in [0.25, 0.3) is 10.9 Å². The van der Waals surface area contributed by atoms with Crippen molar-refractivity contribution in [1.29, 1.82) is 0 Å². The minimum absolute atomic E-state index is 0.0304. The molecule has 3 rings (SSSR count). The van der Waals surface area contributed by atoms with Crippen LogP contribution in [0.3, 0.4) is 0 Å². The topological polar surface area (TPSA) is 58.0 Å². The molecule has 1 heterocycles. The zero-order valence-electron chi connectivity index (χ0n) is 11.7. The van der Waals surface area contributed by atoms with E-state index >= 15 is 0 Å². The molecule has 106 valence electrons. The summed E-state index contributed by atoms with van der Waals surface area (Å²) in [5.41, 5.74) is 1.94. The first-order valence-electron chi connectivity index (χ1n) is 7.38. The van der Waals surface area contributed by atoms with E-state index in [9.17, 15) is 5.11 Å².